The first kappa shape index (κ1) is 29.9. The summed E-state index contributed by atoms with van der Waals surface area (Å²) in [5, 5.41) is 9.70. The highest BCUT2D eigenvalue weighted by molar-refractivity contribution is 14.1. The van der Waals surface area contributed by atoms with E-state index in [2.05, 4.69) is 22.6 Å². The van der Waals surface area contributed by atoms with Crippen LogP contribution in [0.4, 0.5) is 9.80 Å². The van der Waals surface area contributed by atoms with Crippen LogP contribution < -0.4 is 4.90 Å². The van der Waals surface area contributed by atoms with Crippen LogP contribution in [0, 0.1) is 9.49 Å². The molecule has 41 heavy (non-hydrogen) atoms. The molecule has 216 valence electrons. The Morgan fingerprint density at radius 3 is 2.44 bits per heavy atom. The summed E-state index contributed by atoms with van der Waals surface area (Å²) in [5.41, 5.74) is 1.48. The molecule has 1 saturated heterocycles. The molecule has 2 aliphatic heterocycles. The first-order chi connectivity index (χ1) is 19.6. The van der Waals surface area contributed by atoms with Gasteiger partial charge in [-0.1, -0.05) is 67.6 Å². The zero-order valence-corrected chi connectivity index (χ0v) is 26.8. The number of rotatable bonds is 9. The largest absolute Gasteiger partial charge is 0.395 e. The lowest BCUT2D eigenvalue weighted by molar-refractivity contribution is -0.150. The molecular formula is C32H36FIN2O4Si. The van der Waals surface area contributed by atoms with Gasteiger partial charge >= 0.3 is 0 Å². The predicted molar refractivity (Wildman–Crippen MR) is 168 cm³/mol. The Kier molecular flexibility index (Phi) is 8.70. The minimum absolute atomic E-state index is 0.0593. The smallest absolute Gasteiger partial charge is 0.264 e. The second kappa shape index (κ2) is 11.9. The number of benzene rings is 3. The third-order valence-electron chi connectivity index (χ3n) is 8.41. The van der Waals surface area contributed by atoms with Gasteiger partial charge in [-0.2, -0.15) is 0 Å². The first-order valence-corrected chi connectivity index (χ1v) is 18.0. The molecular weight excluding hydrogens is 650 g/mol. The number of halogens is 2. The summed E-state index contributed by atoms with van der Waals surface area (Å²) in [4.78, 5) is 31.4. The Morgan fingerprint density at radius 1 is 1.07 bits per heavy atom. The molecule has 0 radical (unpaired) electrons. The van der Waals surface area contributed by atoms with E-state index < -0.39 is 31.6 Å². The first-order valence-electron chi connectivity index (χ1n) is 14.0. The van der Waals surface area contributed by atoms with Crippen molar-refractivity contribution in [3.05, 3.63) is 99.1 Å². The molecule has 4 atom stereocenters. The number of fused-ring (bicyclic) bond motifs is 2. The minimum Gasteiger partial charge on any atom is -0.395 e. The lowest BCUT2D eigenvalue weighted by Crippen LogP contribution is -2.45. The number of aliphatic hydroxyl groups is 1. The Morgan fingerprint density at radius 2 is 1.76 bits per heavy atom. The van der Waals surface area contributed by atoms with Crippen molar-refractivity contribution in [2.24, 2.45) is 5.92 Å². The maximum absolute atomic E-state index is 16.1. The third-order valence-corrected chi connectivity index (χ3v) is 11.5. The molecule has 9 heteroatoms. The van der Waals surface area contributed by atoms with Crippen molar-refractivity contribution >= 4 is 48.5 Å². The van der Waals surface area contributed by atoms with Gasteiger partial charge in [0.05, 0.1) is 31.4 Å². The lowest BCUT2D eigenvalue weighted by atomic mass is 9.82. The fraction of sp³-hybridized carbons (Fsp3) is 0.375. The van der Waals surface area contributed by atoms with Gasteiger partial charge in [-0.25, -0.2) is 0 Å². The predicted octanol–water partition coefficient (Wildman–Crippen LogP) is 6.02. The van der Waals surface area contributed by atoms with Crippen LogP contribution in [-0.4, -0.2) is 49.5 Å². The average molecular weight is 687 g/mol. The quantitative estimate of drug-likeness (QED) is 0.170. The summed E-state index contributed by atoms with van der Waals surface area (Å²) in [6.45, 7) is 5.86. The molecule has 2 amide bonds. The Balaban J connectivity index is 1.48. The molecule has 0 unspecified atom stereocenters. The number of amides is 2. The van der Waals surface area contributed by atoms with Crippen LogP contribution in [0.15, 0.2) is 78.9 Å². The van der Waals surface area contributed by atoms with Gasteiger partial charge in [0.2, 0.25) is 14.3 Å². The molecule has 1 N–H and O–H groups in total. The van der Waals surface area contributed by atoms with E-state index in [9.17, 15) is 14.7 Å². The second-order valence-electron chi connectivity index (χ2n) is 11.5. The van der Waals surface area contributed by atoms with Crippen LogP contribution >= 0.6 is 22.6 Å². The van der Waals surface area contributed by atoms with E-state index in [1.165, 1.54) is 0 Å². The number of carbonyl (C=O) groups excluding carboxylic acids is 2. The SMILES string of the molecule is C[C@@H]1[C@@H]([Si](C)(C)F)[C@H](CC(=O)N(CCO)Cc2ccccc2)O[C@@]12C(=O)N(Cc1cccc(I)c1)c1ccccc12. The number of anilines is 1. The third kappa shape index (κ3) is 5.73. The molecule has 0 aliphatic carbocycles. The van der Waals surface area contributed by atoms with E-state index in [1.807, 2.05) is 85.8 Å². The highest BCUT2D eigenvalue weighted by Gasteiger charge is 2.66. The van der Waals surface area contributed by atoms with Gasteiger partial charge in [0.15, 0.2) is 5.60 Å². The second-order valence-corrected chi connectivity index (χ2v) is 16.6. The van der Waals surface area contributed by atoms with Gasteiger partial charge in [-0.15, -0.1) is 0 Å². The molecule has 3 aromatic rings. The van der Waals surface area contributed by atoms with Crippen molar-refractivity contribution in [1.29, 1.82) is 0 Å². The van der Waals surface area contributed by atoms with Crippen LogP contribution in [0.3, 0.4) is 0 Å². The Bertz CT molecular complexity index is 1420. The van der Waals surface area contributed by atoms with Crippen LogP contribution in [0.25, 0.3) is 0 Å². The number of aliphatic hydroxyl groups excluding tert-OH is 1. The van der Waals surface area contributed by atoms with Crippen LogP contribution in [-0.2, 0) is 33.0 Å². The van der Waals surface area contributed by atoms with E-state index >= 15 is 4.11 Å². The van der Waals surface area contributed by atoms with E-state index in [1.54, 1.807) is 22.9 Å². The van der Waals surface area contributed by atoms with Crippen molar-refractivity contribution in [1.82, 2.24) is 4.90 Å². The molecule has 6 nitrogen and oxygen atoms in total. The Labute approximate surface area is 255 Å². The molecule has 2 heterocycles. The maximum atomic E-state index is 16.1. The van der Waals surface area contributed by atoms with E-state index in [0.29, 0.717) is 13.1 Å². The summed E-state index contributed by atoms with van der Waals surface area (Å²) in [7, 11) is -3.41. The minimum atomic E-state index is -3.41. The summed E-state index contributed by atoms with van der Waals surface area (Å²) < 4.78 is 23.9. The molecule has 2 aliphatic rings. The fourth-order valence-corrected chi connectivity index (χ4v) is 9.80. The van der Waals surface area contributed by atoms with Crippen LogP contribution in [0.1, 0.15) is 30.0 Å². The molecule has 0 aromatic heterocycles. The highest BCUT2D eigenvalue weighted by Crippen LogP contribution is 2.60. The summed E-state index contributed by atoms with van der Waals surface area (Å²) in [6.07, 6.45) is -0.827. The molecule has 0 saturated carbocycles. The van der Waals surface area contributed by atoms with Gasteiger partial charge in [0.25, 0.3) is 5.91 Å². The number of para-hydroxylation sites is 1. The van der Waals surface area contributed by atoms with Crippen LogP contribution in [0.2, 0.25) is 18.6 Å². The van der Waals surface area contributed by atoms with Crippen LogP contribution in [0.5, 0.6) is 0 Å². The van der Waals surface area contributed by atoms with E-state index in [0.717, 1.165) is 25.9 Å². The number of carbonyl (C=O) groups is 2. The Hall–Kier alpha value is -2.60. The molecule has 1 spiro atoms. The lowest BCUT2D eigenvalue weighted by Gasteiger charge is -2.31. The summed E-state index contributed by atoms with van der Waals surface area (Å²) in [6, 6.07) is 25.2. The van der Waals surface area contributed by atoms with Crippen molar-refractivity contribution in [3.63, 3.8) is 0 Å². The standard InChI is InChI=1S/C32H36FIN2O4Si/c1-22-30(41(2,3)33)28(19-29(38)35(16-17-37)20-23-10-5-4-6-11-23)40-32(22)26-14-7-8-15-27(26)36(31(32)39)21-24-12-9-13-25(34)18-24/h4-15,18,22,28,30,37H,16-17,19-21H2,1-3H3/t22-,28+,30-,32+/m1/s1. The van der Waals surface area contributed by atoms with Crippen molar-refractivity contribution < 1.29 is 23.5 Å². The number of nitrogens with zero attached hydrogens (tertiary/aromatic N) is 2. The topological polar surface area (TPSA) is 70.1 Å². The molecule has 3 aromatic carbocycles. The molecule has 5 rings (SSSR count). The normalized spacial score (nSPS) is 23.7. The molecule has 0 bridgehead atoms. The molecule has 1 fully saturated rings. The number of hydrogen-bond acceptors (Lipinski definition) is 4. The van der Waals surface area contributed by atoms with Gasteiger partial charge in [-0.3, -0.25) is 9.59 Å². The van der Waals surface area contributed by atoms with Crippen molar-refractivity contribution in [2.75, 3.05) is 18.1 Å². The van der Waals surface area contributed by atoms with Gasteiger partial charge in [0, 0.05) is 33.7 Å². The highest BCUT2D eigenvalue weighted by atomic mass is 127. The number of ether oxygens (including phenoxy) is 1. The van der Waals surface area contributed by atoms with Gasteiger partial charge in [-0.05, 0) is 65.0 Å². The summed E-state index contributed by atoms with van der Waals surface area (Å²) >= 11 is 2.26. The fourth-order valence-electron chi connectivity index (χ4n) is 6.69. The van der Waals surface area contributed by atoms with Gasteiger partial charge in [0.1, 0.15) is 0 Å². The van der Waals surface area contributed by atoms with E-state index in [-0.39, 0.29) is 31.4 Å². The average Bonchev–Trinajstić information content (AvgIpc) is 3.36. The van der Waals surface area contributed by atoms with E-state index in [4.69, 9.17) is 4.74 Å². The monoisotopic (exact) mass is 686 g/mol. The van der Waals surface area contributed by atoms with Crippen molar-refractivity contribution in [2.45, 2.75) is 56.8 Å². The summed E-state index contributed by atoms with van der Waals surface area (Å²) in [5.74, 6) is -0.906. The van der Waals surface area contributed by atoms with Gasteiger partial charge < -0.3 is 23.8 Å². The van der Waals surface area contributed by atoms with Crippen molar-refractivity contribution in [3.8, 4) is 0 Å². The maximum Gasteiger partial charge on any atom is 0.264 e. The zero-order chi connectivity index (χ0) is 29.4. The number of hydrogen-bond donors (Lipinski definition) is 1. The zero-order valence-electron chi connectivity index (χ0n) is 23.6.